The van der Waals surface area contributed by atoms with Gasteiger partial charge in [-0.05, 0) is 42.7 Å². The van der Waals surface area contributed by atoms with Gasteiger partial charge in [-0.2, -0.15) is 15.0 Å². The molecule has 1 amide bonds. The lowest BCUT2D eigenvalue weighted by Crippen LogP contribution is -2.36. The first-order chi connectivity index (χ1) is 12.6. The molecule has 0 radical (unpaired) electrons. The molecule has 1 heterocycles. The van der Waals surface area contributed by atoms with Crippen LogP contribution >= 0.6 is 0 Å². The highest BCUT2D eigenvalue weighted by Gasteiger charge is 2.18. The van der Waals surface area contributed by atoms with Crippen molar-refractivity contribution in [1.29, 1.82) is 0 Å². The maximum absolute atomic E-state index is 12.8. The summed E-state index contributed by atoms with van der Waals surface area (Å²) in [5.74, 6) is -0.141. The van der Waals surface area contributed by atoms with E-state index in [4.69, 9.17) is 4.74 Å². The molecule has 3 rings (SSSR count). The lowest BCUT2D eigenvalue weighted by atomic mass is 9.97. The molecule has 0 aliphatic rings. The van der Waals surface area contributed by atoms with Crippen molar-refractivity contribution >= 4 is 5.91 Å². The van der Waals surface area contributed by atoms with Gasteiger partial charge in [-0.15, -0.1) is 0 Å². The third kappa shape index (κ3) is 3.81. The summed E-state index contributed by atoms with van der Waals surface area (Å²) < 4.78 is 5.11. The summed E-state index contributed by atoms with van der Waals surface area (Å²) in [6, 6.07) is 13.8. The number of carbonyl (C=O) groups is 1. The van der Waals surface area contributed by atoms with Gasteiger partial charge in [0.15, 0.2) is 0 Å². The van der Waals surface area contributed by atoms with Crippen LogP contribution in [0, 0.1) is 6.92 Å². The van der Waals surface area contributed by atoms with Gasteiger partial charge >= 0.3 is 0 Å². The number of methoxy groups -OCH3 is 1. The Bertz CT molecular complexity index is 876. The Labute approximate surface area is 152 Å². The standard InChI is InChI=1S/C20H22N4O2/c1-14(13-26-3)23-20(25)18-11-17(16-7-5-4-6-8-16)12-19(15(18)2)24-21-9-10-22-24/h4-12,14H,13H2,1-3H3,(H,23,25). The van der Waals surface area contributed by atoms with E-state index in [2.05, 4.69) is 15.5 Å². The molecule has 1 atom stereocenters. The van der Waals surface area contributed by atoms with Crippen molar-refractivity contribution in [2.24, 2.45) is 0 Å². The third-order valence-corrected chi connectivity index (χ3v) is 4.16. The number of nitrogens with zero attached hydrogens (tertiary/aromatic N) is 3. The topological polar surface area (TPSA) is 69.0 Å². The summed E-state index contributed by atoms with van der Waals surface area (Å²) >= 11 is 0. The van der Waals surface area contributed by atoms with Gasteiger partial charge in [-0.1, -0.05) is 30.3 Å². The van der Waals surface area contributed by atoms with Crippen LogP contribution in [0.25, 0.3) is 16.8 Å². The van der Waals surface area contributed by atoms with Crippen molar-refractivity contribution in [2.45, 2.75) is 19.9 Å². The summed E-state index contributed by atoms with van der Waals surface area (Å²) in [4.78, 5) is 14.4. The smallest absolute Gasteiger partial charge is 0.251 e. The van der Waals surface area contributed by atoms with Gasteiger partial charge in [0.2, 0.25) is 0 Å². The van der Waals surface area contributed by atoms with E-state index in [-0.39, 0.29) is 11.9 Å². The van der Waals surface area contributed by atoms with Crippen LogP contribution in [0.3, 0.4) is 0 Å². The van der Waals surface area contributed by atoms with E-state index in [1.54, 1.807) is 19.5 Å². The SMILES string of the molecule is COCC(C)NC(=O)c1cc(-c2ccccc2)cc(-n2nccn2)c1C. The molecule has 0 fully saturated rings. The quantitative estimate of drug-likeness (QED) is 0.742. The minimum atomic E-state index is -0.141. The highest BCUT2D eigenvalue weighted by atomic mass is 16.5. The minimum Gasteiger partial charge on any atom is -0.383 e. The first-order valence-corrected chi connectivity index (χ1v) is 8.46. The van der Waals surface area contributed by atoms with E-state index in [1.807, 2.05) is 56.3 Å². The van der Waals surface area contributed by atoms with Gasteiger partial charge in [0.25, 0.3) is 5.91 Å². The molecule has 26 heavy (non-hydrogen) atoms. The second-order valence-corrected chi connectivity index (χ2v) is 6.18. The predicted molar refractivity (Wildman–Crippen MR) is 100 cm³/mol. The fourth-order valence-electron chi connectivity index (χ4n) is 2.87. The van der Waals surface area contributed by atoms with Gasteiger partial charge in [0.05, 0.1) is 24.7 Å². The van der Waals surface area contributed by atoms with Crippen LogP contribution in [0.15, 0.2) is 54.9 Å². The van der Waals surface area contributed by atoms with Crippen molar-refractivity contribution in [3.63, 3.8) is 0 Å². The average Bonchev–Trinajstić information content (AvgIpc) is 3.17. The van der Waals surface area contributed by atoms with Crippen LogP contribution in [0.5, 0.6) is 0 Å². The molecule has 6 heteroatoms. The molecule has 1 unspecified atom stereocenters. The van der Waals surface area contributed by atoms with E-state index in [0.717, 1.165) is 22.4 Å². The molecule has 1 N–H and O–H groups in total. The van der Waals surface area contributed by atoms with Gasteiger partial charge < -0.3 is 10.1 Å². The van der Waals surface area contributed by atoms with Crippen molar-refractivity contribution in [2.75, 3.05) is 13.7 Å². The van der Waals surface area contributed by atoms with Crippen LogP contribution in [-0.2, 0) is 4.74 Å². The van der Waals surface area contributed by atoms with Crippen LogP contribution in [0.4, 0.5) is 0 Å². The molecule has 3 aromatic rings. The summed E-state index contributed by atoms with van der Waals surface area (Å²) in [5.41, 5.74) is 4.17. The second-order valence-electron chi connectivity index (χ2n) is 6.18. The third-order valence-electron chi connectivity index (χ3n) is 4.16. The first-order valence-electron chi connectivity index (χ1n) is 8.46. The predicted octanol–water partition coefficient (Wildman–Crippen LogP) is 3.01. The fourth-order valence-corrected chi connectivity index (χ4v) is 2.87. The van der Waals surface area contributed by atoms with Crippen LogP contribution in [0.1, 0.15) is 22.8 Å². The zero-order chi connectivity index (χ0) is 18.5. The first kappa shape index (κ1) is 17.8. The molecule has 2 aromatic carbocycles. The monoisotopic (exact) mass is 350 g/mol. The number of carbonyl (C=O) groups excluding carboxylic acids is 1. The molecule has 134 valence electrons. The molecule has 6 nitrogen and oxygen atoms in total. The van der Waals surface area contributed by atoms with Crippen LogP contribution < -0.4 is 5.32 Å². The Morgan fingerprint density at radius 2 is 1.85 bits per heavy atom. The number of hydrogen-bond donors (Lipinski definition) is 1. The summed E-state index contributed by atoms with van der Waals surface area (Å²) in [6.45, 7) is 4.27. The Hall–Kier alpha value is -2.99. The Balaban J connectivity index is 2.08. The summed E-state index contributed by atoms with van der Waals surface area (Å²) in [7, 11) is 1.62. The average molecular weight is 350 g/mol. The maximum atomic E-state index is 12.8. The highest BCUT2D eigenvalue weighted by Crippen LogP contribution is 2.27. The Morgan fingerprint density at radius 3 is 2.50 bits per heavy atom. The van der Waals surface area contributed by atoms with Gasteiger partial charge in [0, 0.05) is 18.7 Å². The molecule has 0 saturated carbocycles. The molecular formula is C20H22N4O2. The molecule has 0 spiro atoms. The molecule has 0 bridgehead atoms. The summed E-state index contributed by atoms with van der Waals surface area (Å²) in [5, 5.41) is 11.4. The number of ether oxygens (including phenoxy) is 1. The van der Waals surface area contributed by atoms with E-state index < -0.39 is 0 Å². The zero-order valence-electron chi connectivity index (χ0n) is 15.1. The van der Waals surface area contributed by atoms with Gasteiger partial charge in [-0.3, -0.25) is 4.79 Å². The lowest BCUT2D eigenvalue weighted by molar-refractivity contribution is 0.0905. The molecule has 1 aromatic heterocycles. The van der Waals surface area contributed by atoms with E-state index >= 15 is 0 Å². The van der Waals surface area contributed by atoms with Crippen molar-refractivity contribution < 1.29 is 9.53 Å². The minimum absolute atomic E-state index is 0.0847. The number of rotatable bonds is 6. The molecular weight excluding hydrogens is 328 g/mol. The number of nitrogens with one attached hydrogen (secondary N) is 1. The van der Waals surface area contributed by atoms with Crippen LogP contribution in [0.2, 0.25) is 0 Å². The van der Waals surface area contributed by atoms with Gasteiger partial charge in [0.1, 0.15) is 0 Å². The van der Waals surface area contributed by atoms with E-state index in [9.17, 15) is 4.79 Å². The zero-order valence-corrected chi connectivity index (χ0v) is 15.1. The number of aromatic nitrogens is 3. The number of hydrogen-bond acceptors (Lipinski definition) is 4. The fraction of sp³-hybridized carbons (Fsp3) is 0.250. The molecule has 0 saturated heterocycles. The number of benzene rings is 2. The molecule has 0 aliphatic heterocycles. The van der Waals surface area contributed by atoms with Crippen molar-refractivity contribution in [3.8, 4) is 16.8 Å². The van der Waals surface area contributed by atoms with Crippen molar-refractivity contribution in [1.82, 2.24) is 20.3 Å². The van der Waals surface area contributed by atoms with E-state index in [1.165, 1.54) is 4.80 Å². The number of amides is 1. The van der Waals surface area contributed by atoms with Crippen LogP contribution in [-0.4, -0.2) is 40.7 Å². The van der Waals surface area contributed by atoms with Gasteiger partial charge in [-0.25, -0.2) is 0 Å². The largest absolute Gasteiger partial charge is 0.383 e. The highest BCUT2D eigenvalue weighted by molar-refractivity contribution is 5.98. The van der Waals surface area contributed by atoms with Crippen molar-refractivity contribution in [3.05, 3.63) is 66.0 Å². The second kappa shape index (κ2) is 7.93. The Morgan fingerprint density at radius 1 is 1.15 bits per heavy atom. The normalized spacial score (nSPS) is 12.0. The van der Waals surface area contributed by atoms with E-state index in [0.29, 0.717) is 12.2 Å². The lowest BCUT2D eigenvalue weighted by Gasteiger charge is -2.17. The maximum Gasteiger partial charge on any atom is 0.251 e. The Kier molecular flexibility index (Phi) is 5.43. The molecule has 0 aliphatic carbocycles. The summed E-state index contributed by atoms with van der Waals surface area (Å²) in [6.07, 6.45) is 3.24.